The Kier molecular flexibility index (Phi) is 4.24. The van der Waals surface area contributed by atoms with E-state index in [1.807, 2.05) is 18.2 Å². The number of aryl methyl sites for hydroxylation is 1. The molecular formula is C14H16N2O4. The molecule has 0 atom stereocenters. The maximum absolute atomic E-state index is 11.8. The summed E-state index contributed by atoms with van der Waals surface area (Å²) in [7, 11) is 2.66. The first-order chi connectivity index (χ1) is 9.65. The lowest BCUT2D eigenvalue weighted by Gasteiger charge is -2.01. The molecule has 6 heteroatoms. The van der Waals surface area contributed by atoms with Crippen LogP contribution in [0.25, 0.3) is 11.4 Å². The van der Waals surface area contributed by atoms with E-state index >= 15 is 0 Å². The standard InChI is InChI=1S/C14H16N2O4/c1-19-12(17)6-5-9-8-11(10-4-3-7-15-10)16-13(9)14(18)20-2/h3-4,7-8,15-16H,5-6H2,1-2H3. The van der Waals surface area contributed by atoms with Crippen LogP contribution in [0.1, 0.15) is 22.5 Å². The fourth-order valence-electron chi connectivity index (χ4n) is 1.96. The Balaban J connectivity index is 2.28. The summed E-state index contributed by atoms with van der Waals surface area (Å²) in [5.41, 5.74) is 2.72. The topological polar surface area (TPSA) is 84.2 Å². The Labute approximate surface area is 116 Å². The van der Waals surface area contributed by atoms with Gasteiger partial charge in [-0.1, -0.05) is 0 Å². The van der Waals surface area contributed by atoms with E-state index in [0.717, 1.165) is 17.0 Å². The summed E-state index contributed by atoms with van der Waals surface area (Å²) in [5.74, 6) is -0.772. The fourth-order valence-corrected chi connectivity index (χ4v) is 1.96. The minimum atomic E-state index is -0.456. The van der Waals surface area contributed by atoms with Crippen LogP contribution in [-0.4, -0.2) is 36.1 Å². The number of methoxy groups -OCH3 is 2. The number of carbonyl (C=O) groups is 2. The van der Waals surface area contributed by atoms with Gasteiger partial charge in [0.15, 0.2) is 0 Å². The zero-order valence-electron chi connectivity index (χ0n) is 11.4. The van der Waals surface area contributed by atoms with Gasteiger partial charge in [-0.15, -0.1) is 0 Å². The van der Waals surface area contributed by atoms with Gasteiger partial charge in [0.05, 0.1) is 25.6 Å². The van der Waals surface area contributed by atoms with Gasteiger partial charge < -0.3 is 19.4 Å². The summed E-state index contributed by atoms with van der Waals surface area (Å²) in [5, 5.41) is 0. The van der Waals surface area contributed by atoms with Crippen molar-refractivity contribution in [1.82, 2.24) is 9.97 Å². The largest absolute Gasteiger partial charge is 0.469 e. The van der Waals surface area contributed by atoms with E-state index in [9.17, 15) is 9.59 Å². The van der Waals surface area contributed by atoms with Crippen molar-refractivity contribution in [2.45, 2.75) is 12.8 Å². The van der Waals surface area contributed by atoms with Crippen LogP contribution in [0.4, 0.5) is 0 Å². The molecule has 0 unspecified atom stereocenters. The van der Waals surface area contributed by atoms with Gasteiger partial charge in [0.2, 0.25) is 0 Å². The summed E-state index contributed by atoms with van der Waals surface area (Å²) >= 11 is 0. The second kappa shape index (κ2) is 6.10. The van der Waals surface area contributed by atoms with Crippen molar-refractivity contribution in [1.29, 1.82) is 0 Å². The Morgan fingerprint density at radius 3 is 2.60 bits per heavy atom. The van der Waals surface area contributed by atoms with Crippen LogP contribution < -0.4 is 0 Å². The molecule has 0 aliphatic carbocycles. The zero-order chi connectivity index (χ0) is 14.5. The van der Waals surface area contributed by atoms with Crippen molar-refractivity contribution in [2.24, 2.45) is 0 Å². The number of hydrogen-bond donors (Lipinski definition) is 2. The summed E-state index contributed by atoms with van der Waals surface area (Å²) in [6, 6.07) is 5.58. The SMILES string of the molecule is COC(=O)CCc1cc(-c2ccc[nH]2)[nH]c1C(=O)OC. The van der Waals surface area contributed by atoms with Crippen molar-refractivity contribution < 1.29 is 19.1 Å². The van der Waals surface area contributed by atoms with Crippen molar-refractivity contribution in [2.75, 3.05) is 14.2 Å². The molecule has 20 heavy (non-hydrogen) atoms. The summed E-state index contributed by atoms with van der Waals surface area (Å²) in [4.78, 5) is 29.0. The summed E-state index contributed by atoms with van der Waals surface area (Å²) < 4.78 is 9.35. The number of H-pyrrole nitrogens is 2. The predicted octanol–water partition coefficient (Wildman–Crippen LogP) is 1.90. The van der Waals surface area contributed by atoms with Crippen molar-refractivity contribution in [3.8, 4) is 11.4 Å². The van der Waals surface area contributed by atoms with E-state index < -0.39 is 5.97 Å². The minimum Gasteiger partial charge on any atom is -0.469 e. The van der Waals surface area contributed by atoms with Crippen molar-refractivity contribution >= 4 is 11.9 Å². The molecule has 0 bridgehead atoms. The fraction of sp³-hybridized carbons (Fsp3) is 0.286. The lowest BCUT2D eigenvalue weighted by molar-refractivity contribution is -0.140. The average molecular weight is 276 g/mol. The normalized spacial score (nSPS) is 10.3. The molecule has 0 aliphatic heterocycles. The molecule has 0 fully saturated rings. The van der Waals surface area contributed by atoms with E-state index in [0.29, 0.717) is 12.1 Å². The van der Waals surface area contributed by atoms with Crippen LogP contribution in [0.5, 0.6) is 0 Å². The van der Waals surface area contributed by atoms with Crippen LogP contribution in [-0.2, 0) is 20.7 Å². The molecule has 106 valence electrons. The van der Waals surface area contributed by atoms with E-state index in [4.69, 9.17) is 4.74 Å². The van der Waals surface area contributed by atoms with Crippen LogP contribution in [0, 0.1) is 0 Å². The quantitative estimate of drug-likeness (QED) is 0.817. The molecule has 2 aromatic heterocycles. The Hall–Kier alpha value is -2.50. The molecule has 0 saturated heterocycles. The van der Waals surface area contributed by atoms with Gasteiger partial charge in [0, 0.05) is 12.6 Å². The zero-order valence-corrected chi connectivity index (χ0v) is 11.4. The Bertz CT molecular complexity index is 599. The first-order valence-electron chi connectivity index (χ1n) is 6.16. The number of ether oxygens (including phenoxy) is 2. The van der Waals surface area contributed by atoms with Gasteiger partial charge in [0.25, 0.3) is 0 Å². The van der Waals surface area contributed by atoms with E-state index in [2.05, 4.69) is 14.7 Å². The maximum Gasteiger partial charge on any atom is 0.354 e. The smallest absolute Gasteiger partial charge is 0.354 e. The number of nitrogens with one attached hydrogen (secondary N) is 2. The van der Waals surface area contributed by atoms with E-state index in [1.165, 1.54) is 14.2 Å². The molecule has 0 radical (unpaired) electrons. The van der Waals surface area contributed by atoms with Gasteiger partial charge >= 0.3 is 11.9 Å². The number of rotatable bonds is 5. The highest BCUT2D eigenvalue weighted by atomic mass is 16.5. The monoisotopic (exact) mass is 276 g/mol. The first kappa shape index (κ1) is 13.9. The van der Waals surface area contributed by atoms with Crippen LogP contribution in [0.2, 0.25) is 0 Å². The number of aromatic nitrogens is 2. The summed E-state index contributed by atoms with van der Waals surface area (Å²) in [6.45, 7) is 0. The molecule has 2 rings (SSSR count). The molecule has 0 aromatic carbocycles. The molecule has 2 heterocycles. The van der Waals surface area contributed by atoms with Gasteiger partial charge in [-0.2, -0.15) is 0 Å². The van der Waals surface area contributed by atoms with Gasteiger partial charge in [-0.25, -0.2) is 4.79 Å². The molecule has 2 N–H and O–H groups in total. The number of hydrogen-bond acceptors (Lipinski definition) is 4. The molecule has 0 aliphatic rings. The Morgan fingerprint density at radius 1 is 1.20 bits per heavy atom. The molecule has 0 amide bonds. The number of esters is 2. The molecule has 6 nitrogen and oxygen atoms in total. The first-order valence-corrected chi connectivity index (χ1v) is 6.16. The summed E-state index contributed by atoms with van der Waals surface area (Å²) in [6.07, 6.45) is 2.42. The third-order valence-electron chi connectivity index (χ3n) is 3.00. The highest BCUT2D eigenvalue weighted by Crippen LogP contribution is 2.22. The number of carbonyl (C=O) groups excluding carboxylic acids is 2. The van der Waals surface area contributed by atoms with Crippen LogP contribution in [0.15, 0.2) is 24.4 Å². The molecular weight excluding hydrogens is 260 g/mol. The van der Waals surface area contributed by atoms with Crippen molar-refractivity contribution in [3.63, 3.8) is 0 Å². The second-order valence-electron chi connectivity index (χ2n) is 4.23. The molecule has 0 saturated carbocycles. The highest BCUT2D eigenvalue weighted by molar-refractivity contribution is 5.90. The van der Waals surface area contributed by atoms with Crippen LogP contribution in [0.3, 0.4) is 0 Å². The molecule has 0 spiro atoms. The molecule has 2 aromatic rings. The van der Waals surface area contributed by atoms with E-state index in [1.54, 1.807) is 6.20 Å². The van der Waals surface area contributed by atoms with Gasteiger partial charge in [-0.3, -0.25) is 4.79 Å². The van der Waals surface area contributed by atoms with E-state index in [-0.39, 0.29) is 12.4 Å². The third-order valence-corrected chi connectivity index (χ3v) is 3.00. The van der Waals surface area contributed by atoms with Gasteiger partial charge in [0.1, 0.15) is 5.69 Å². The average Bonchev–Trinajstić information content (AvgIpc) is 3.12. The number of aromatic amines is 2. The second-order valence-corrected chi connectivity index (χ2v) is 4.23. The van der Waals surface area contributed by atoms with Crippen LogP contribution >= 0.6 is 0 Å². The third kappa shape index (κ3) is 2.90. The Morgan fingerprint density at radius 2 is 2.00 bits per heavy atom. The lowest BCUT2D eigenvalue weighted by Crippen LogP contribution is -2.07. The van der Waals surface area contributed by atoms with Crippen molar-refractivity contribution in [3.05, 3.63) is 35.7 Å². The predicted molar refractivity (Wildman–Crippen MR) is 72.3 cm³/mol. The lowest BCUT2D eigenvalue weighted by atomic mass is 10.1. The maximum atomic E-state index is 11.8. The highest BCUT2D eigenvalue weighted by Gasteiger charge is 2.18. The minimum absolute atomic E-state index is 0.211. The van der Waals surface area contributed by atoms with Gasteiger partial charge in [-0.05, 0) is 30.2 Å².